The van der Waals surface area contributed by atoms with Gasteiger partial charge >= 0.3 is 0 Å². The number of aryl methyl sites for hydroxylation is 1. The van der Waals surface area contributed by atoms with Gasteiger partial charge in [0.2, 0.25) is 5.91 Å². The van der Waals surface area contributed by atoms with E-state index in [-0.39, 0.29) is 18.6 Å². The molecule has 0 saturated carbocycles. The van der Waals surface area contributed by atoms with Gasteiger partial charge in [-0.3, -0.25) is 14.3 Å². The molecule has 1 aromatic heterocycles. The van der Waals surface area contributed by atoms with Gasteiger partial charge in [0.15, 0.2) is 6.10 Å². The van der Waals surface area contributed by atoms with Crippen molar-refractivity contribution in [1.82, 2.24) is 14.7 Å². The minimum Gasteiger partial charge on any atom is -0.356 e. The van der Waals surface area contributed by atoms with Crippen LogP contribution < -0.4 is 5.32 Å². The van der Waals surface area contributed by atoms with Crippen LogP contribution in [-0.4, -0.2) is 46.3 Å². The molecule has 8 heteroatoms. The van der Waals surface area contributed by atoms with Crippen molar-refractivity contribution in [2.45, 2.75) is 45.9 Å². The third-order valence-electron chi connectivity index (χ3n) is 4.99. The number of morpholine rings is 1. The Labute approximate surface area is 163 Å². The minimum atomic E-state index is -0.967. The summed E-state index contributed by atoms with van der Waals surface area (Å²) in [7, 11) is 1.59. The molecule has 0 bridgehead atoms. The number of anilines is 1. The number of rotatable bonds is 4. The first-order valence-corrected chi connectivity index (χ1v) is 9.20. The fourth-order valence-corrected chi connectivity index (χ4v) is 3.56. The molecular weight excluding hydrogens is 363 g/mol. The van der Waals surface area contributed by atoms with Crippen molar-refractivity contribution in [3.05, 3.63) is 47.0 Å². The van der Waals surface area contributed by atoms with E-state index in [0.717, 1.165) is 5.69 Å². The molecule has 28 heavy (non-hydrogen) atoms. The molecule has 150 valence electrons. The predicted molar refractivity (Wildman–Crippen MR) is 102 cm³/mol. The Kier molecular flexibility index (Phi) is 5.51. The Balaban J connectivity index is 1.92. The third-order valence-corrected chi connectivity index (χ3v) is 4.99. The van der Waals surface area contributed by atoms with Gasteiger partial charge in [-0.2, -0.15) is 5.10 Å². The zero-order valence-corrected chi connectivity index (χ0v) is 16.7. The summed E-state index contributed by atoms with van der Waals surface area (Å²) in [6, 6.07) is 5.29. The molecule has 7 nitrogen and oxygen atoms in total. The van der Waals surface area contributed by atoms with E-state index in [1.165, 1.54) is 17.0 Å². The number of hydrogen-bond donors (Lipinski definition) is 1. The SMILES string of the molecule is Cc1nn(C(C)C)c(C)c1NC(=O)[C@H]1OCC(=O)N(C)[C@H]1c1cccc(F)c1. The van der Waals surface area contributed by atoms with Crippen LogP contribution in [0.3, 0.4) is 0 Å². The van der Waals surface area contributed by atoms with Crippen molar-refractivity contribution in [2.75, 3.05) is 19.0 Å². The average molecular weight is 388 g/mol. The maximum Gasteiger partial charge on any atom is 0.256 e. The first-order valence-electron chi connectivity index (χ1n) is 9.20. The van der Waals surface area contributed by atoms with Crippen molar-refractivity contribution in [1.29, 1.82) is 0 Å². The van der Waals surface area contributed by atoms with Crippen LogP contribution in [0.5, 0.6) is 0 Å². The van der Waals surface area contributed by atoms with Gasteiger partial charge in [-0.15, -0.1) is 0 Å². The number of nitrogens with one attached hydrogen (secondary N) is 1. The van der Waals surface area contributed by atoms with E-state index in [1.807, 2.05) is 32.4 Å². The number of carbonyl (C=O) groups is 2. The lowest BCUT2D eigenvalue weighted by molar-refractivity contribution is -0.160. The summed E-state index contributed by atoms with van der Waals surface area (Å²) >= 11 is 0. The van der Waals surface area contributed by atoms with Crippen LogP contribution >= 0.6 is 0 Å². The van der Waals surface area contributed by atoms with Crippen LogP contribution in [0.4, 0.5) is 10.1 Å². The fraction of sp³-hybridized carbons (Fsp3) is 0.450. The van der Waals surface area contributed by atoms with E-state index < -0.39 is 23.9 Å². The Morgan fingerprint density at radius 2 is 2.07 bits per heavy atom. The number of likely N-dealkylation sites (N-methyl/N-ethyl adjacent to an activating group) is 1. The average Bonchev–Trinajstić information content (AvgIpc) is 2.92. The van der Waals surface area contributed by atoms with Crippen LogP contribution in [0.15, 0.2) is 24.3 Å². The summed E-state index contributed by atoms with van der Waals surface area (Å²) in [4.78, 5) is 26.6. The highest BCUT2D eigenvalue weighted by molar-refractivity contribution is 5.97. The molecule has 1 aromatic carbocycles. The summed E-state index contributed by atoms with van der Waals surface area (Å²) < 4.78 is 21.2. The standard InChI is InChI=1S/C20H25FN4O3/c1-11(2)25-13(4)17(12(3)23-25)22-20(27)19-18(24(5)16(26)10-28-19)14-7-6-8-15(21)9-14/h6-9,11,18-19H,10H2,1-5H3,(H,22,27)/t18-,19-/m0/s1. The molecule has 0 unspecified atom stereocenters. The Morgan fingerprint density at radius 3 is 2.68 bits per heavy atom. The second kappa shape index (κ2) is 7.71. The molecule has 2 heterocycles. The second-order valence-corrected chi connectivity index (χ2v) is 7.31. The highest BCUT2D eigenvalue weighted by Crippen LogP contribution is 2.31. The molecule has 2 atom stereocenters. The quantitative estimate of drug-likeness (QED) is 0.874. The molecule has 0 radical (unpaired) electrons. The highest BCUT2D eigenvalue weighted by atomic mass is 19.1. The number of carbonyl (C=O) groups excluding carboxylic acids is 2. The first-order chi connectivity index (χ1) is 13.2. The zero-order chi connectivity index (χ0) is 20.6. The highest BCUT2D eigenvalue weighted by Gasteiger charge is 2.40. The van der Waals surface area contributed by atoms with Gasteiger partial charge in [0, 0.05) is 13.1 Å². The van der Waals surface area contributed by atoms with Gasteiger partial charge in [-0.25, -0.2) is 4.39 Å². The van der Waals surface area contributed by atoms with E-state index in [2.05, 4.69) is 10.4 Å². The lowest BCUT2D eigenvalue weighted by atomic mass is 9.97. The predicted octanol–water partition coefficient (Wildman–Crippen LogP) is 2.76. The Hall–Kier alpha value is -2.74. The number of halogens is 1. The second-order valence-electron chi connectivity index (χ2n) is 7.31. The van der Waals surface area contributed by atoms with E-state index in [9.17, 15) is 14.0 Å². The lowest BCUT2D eigenvalue weighted by Crippen LogP contribution is -2.51. The van der Waals surface area contributed by atoms with Crippen LogP contribution in [0, 0.1) is 19.7 Å². The van der Waals surface area contributed by atoms with Gasteiger partial charge < -0.3 is 15.0 Å². The van der Waals surface area contributed by atoms with Gasteiger partial charge in [0.05, 0.1) is 23.1 Å². The van der Waals surface area contributed by atoms with Crippen LogP contribution in [0.1, 0.15) is 42.9 Å². The van der Waals surface area contributed by atoms with E-state index in [4.69, 9.17) is 4.74 Å². The number of nitrogens with zero attached hydrogens (tertiary/aromatic N) is 3. The Bertz CT molecular complexity index is 909. The zero-order valence-electron chi connectivity index (χ0n) is 16.7. The van der Waals surface area contributed by atoms with Gasteiger partial charge in [-0.05, 0) is 45.4 Å². The number of ether oxygens (including phenoxy) is 1. The largest absolute Gasteiger partial charge is 0.356 e. The summed E-state index contributed by atoms with van der Waals surface area (Å²) in [5.74, 6) is -1.10. The molecular formula is C20H25FN4O3. The van der Waals surface area contributed by atoms with E-state index in [1.54, 1.807) is 19.2 Å². The van der Waals surface area contributed by atoms with Gasteiger partial charge in [0.1, 0.15) is 12.4 Å². The maximum absolute atomic E-state index is 13.7. The third kappa shape index (κ3) is 3.64. The summed E-state index contributed by atoms with van der Waals surface area (Å²) in [5, 5.41) is 7.36. The van der Waals surface area contributed by atoms with Gasteiger partial charge in [0.25, 0.3) is 5.91 Å². The number of hydrogen-bond acceptors (Lipinski definition) is 4. The molecule has 0 aliphatic carbocycles. The molecule has 1 aliphatic rings. The molecule has 3 rings (SSSR count). The van der Waals surface area contributed by atoms with Crippen LogP contribution in [0.25, 0.3) is 0 Å². The number of benzene rings is 1. The molecule has 1 N–H and O–H groups in total. The fourth-order valence-electron chi connectivity index (χ4n) is 3.56. The van der Waals surface area contributed by atoms with Crippen molar-refractivity contribution in [2.24, 2.45) is 0 Å². The molecule has 2 amide bonds. The van der Waals surface area contributed by atoms with Crippen molar-refractivity contribution >= 4 is 17.5 Å². The maximum atomic E-state index is 13.7. The van der Waals surface area contributed by atoms with Crippen molar-refractivity contribution in [3.8, 4) is 0 Å². The Morgan fingerprint density at radius 1 is 1.36 bits per heavy atom. The molecule has 1 fully saturated rings. The van der Waals surface area contributed by atoms with Crippen LogP contribution in [-0.2, 0) is 14.3 Å². The van der Waals surface area contributed by atoms with Crippen molar-refractivity contribution < 1.29 is 18.7 Å². The smallest absolute Gasteiger partial charge is 0.256 e. The number of aromatic nitrogens is 2. The van der Waals surface area contributed by atoms with Crippen molar-refractivity contribution in [3.63, 3.8) is 0 Å². The molecule has 1 aliphatic heterocycles. The van der Waals surface area contributed by atoms with E-state index in [0.29, 0.717) is 16.9 Å². The monoisotopic (exact) mass is 388 g/mol. The summed E-state index contributed by atoms with van der Waals surface area (Å²) in [6.07, 6.45) is -0.967. The summed E-state index contributed by atoms with van der Waals surface area (Å²) in [5.41, 5.74) is 2.66. The number of amides is 2. The molecule has 2 aromatic rings. The minimum absolute atomic E-state index is 0.152. The first kappa shape index (κ1) is 20.0. The molecule has 1 saturated heterocycles. The lowest BCUT2D eigenvalue weighted by Gasteiger charge is -2.38. The molecule has 0 spiro atoms. The van der Waals surface area contributed by atoms with E-state index >= 15 is 0 Å². The van der Waals surface area contributed by atoms with Crippen LogP contribution in [0.2, 0.25) is 0 Å². The van der Waals surface area contributed by atoms with Gasteiger partial charge in [-0.1, -0.05) is 12.1 Å². The normalized spacial score (nSPS) is 20.0. The topological polar surface area (TPSA) is 76.5 Å². The summed E-state index contributed by atoms with van der Waals surface area (Å²) in [6.45, 7) is 7.52.